The molecule has 1 aromatic carbocycles. The molecule has 1 aromatic rings. The quantitative estimate of drug-likeness (QED) is 0.750. The topological polar surface area (TPSA) is 47.6 Å². The van der Waals surface area contributed by atoms with Gasteiger partial charge in [0, 0.05) is 12.4 Å². The van der Waals surface area contributed by atoms with Gasteiger partial charge in [0.25, 0.3) is 5.91 Å². The maximum atomic E-state index is 12.3. The molecule has 1 unspecified atom stereocenters. The number of hydrogen-bond donors (Lipinski definition) is 1. The van der Waals surface area contributed by atoms with Crippen LogP contribution in [0.4, 0.5) is 0 Å². The Morgan fingerprint density at radius 2 is 1.90 bits per heavy atom. The fourth-order valence-corrected chi connectivity index (χ4v) is 2.31. The van der Waals surface area contributed by atoms with Gasteiger partial charge < -0.3 is 14.8 Å². The lowest BCUT2D eigenvalue weighted by Gasteiger charge is -2.16. The number of carbonyl (C=O) groups is 1. The maximum absolute atomic E-state index is 12.3. The third kappa shape index (κ3) is 4.30. The van der Waals surface area contributed by atoms with E-state index in [0.717, 1.165) is 12.8 Å². The van der Waals surface area contributed by atoms with Gasteiger partial charge in [-0.2, -0.15) is 0 Å². The summed E-state index contributed by atoms with van der Waals surface area (Å²) in [6.07, 6.45) is 1.87. The zero-order chi connectivity index (χ0) is 15.0. The molecule has 1 rings (SSSR count). The zero-order valence-corrected chi connectivity index (χ0v) is 13.0. The summed E-state index contributed by atoms with van der Waals surface area (Å²) in [4.78, 5) is 12.3. The van der Waals surface area contributed by atoms with Gasteiger partial charge in [0.1, 0.15) is 17.1 Å². The van der Waals surface area contributed by atoms with E-state index in [0.29, 0.717) is 35.4 Å². The minimum atomic E-state index is -0.188. The van der Waals surface area contributed by atoms with Crippen molar-refractivity contribution >= 4 is 17.5 Å². The summed E-state index contributed by atoms with van der Waals surface area (Å²) in [7, 11) is 3.07. The van der Waals surface area contributed by atoms with Crippen LogP contribution < -0.4 is 14.8 Å². The molecule has 0 aliphatic rings. The van der Waals surface area contributed by atoms with Gasteiger partial charge in [-0.3, -0.25) is 4.79 Å². The maximum Gasteiger partial charge on any atom is 0.258 e. The third-order valence-electron chi connectivity index (χ3n) is 3.30. The number of benzene rings is 1. The summed E-state index contributed by atoms with van der Waals surface area (Å²) in [6.45, 7) is 2.69. The van der Waals surface area contributed by atoms with Crippen LogP contribution in [0.5, 0.6) is 11.5 Å². The average Bonchev–Trinajstić information content (AvgIpc) is 2.49. The lowest BCUT2D eigenvalue weighted by atomic mass is 10.0. The molecule has 0 heterocycles. The molecule has 5 heteroatoms. The van der Waals surface area contributed by atoms with Crippen molar-refractivity contribution in [1.82, 2.24) is 5.32 Å². The molecule has 0 spiro atoms. The van der Waals surface area contributed by atoms with Crippen molar-refractivity contribution in [2.75, 3.05) is 26.6 Å². The van der Waals surface area contributed by atoms with E-state index in [1.54, 1.807) is 18.2 Å². The monoisotopic (exact) mass is 299 g/mol. The second-order valence-electron chi connectivity index (χ2n) is 4.50. The van der Waals surface area contributed by atoms with Crippen molar-refractivity contribution in [3.8, 4) is 11.5 Å². The summed E-state index contributed by atoms with van der Waals surface area (Å²) < 4.78 is 10.5. The van der Waals surface area contributed by atoms with Gasteiger partial charge in [-0.15, -0.1) is 11.6 Å². The van der Waals surface area contributed by atoms with E-state index in [1.165, 1.54) is 14.2 Å². The Labute approximate surface area is 125 Å². The van der Waals surface area contributed by atoms with Crippen LogP contribution in [-0.2, 0) is 0 Å². The number of ether oxygens (including phenoxy) is 2. The second kappa shape index (κ2) is 8.69. The van der Waals surface area contributed by atoms with E-state index in [4.69, 9.17) is 21.1 Å². The fourth-order valence-electron chi connectivity index (χ4n) is 2.01. The van der Waals surface area contributed by atoms with Crippen LogP contribution in [0.1, 0.15) is 30.1 Å². The van der Waals surface area contributed by atoms with Crippen molar-refractivity contribution in [1.29, 1.82) is 0 Å². The van der Waals surface area contributed by atoms with Gasteiger partial charge in [0.2, 0.25) is 0 Å². The van der Waals surface area contributed by atoms with Crippen LogP contribution in [0.2, 0.25) is 0 Å². The summed E-state index contributed by atoms with van der Waals surface area (Å²) >= 11 is 5.75. The summed E-state index contributed by atoms with van der Waals surface area (Å²) in [5.74, 6) is 1.82. The number of nitrogens with one attached hydrogen (secondary N) is 1. The molecule has 1 atom stereocenters. The van der Waals surface area contributed by atoms with E-state index >= 15 is 0 Å². The van der Waals surface area contributed by atoms with Crippen LogP contribution >= 0.6 is 11.6 Å². The zero-order valence-electron chi connectivity index (χ0n) is 12.2. The average molecular weight is 300 g/mol. The minimum absolute atomic E-state index is 0.188. The lowest BCUT2D eigenvalue weighted by molar-refractivity contribution is 0.0940. The first-order chi connectivity index (χ1) is 9.67. The molecule has 0 aliphatic heterocycles. The Kier molecular flexibility index (Phi) is 7.23. The summed E-state index contributed by atoms with van der Waals surface area (Å²) in [6, 6.07) is 5.28. The first kappa shape index (κ1) is 16.6. The molecule has 0 saturated heterocycles. The molecule has 0 aliphatic carbocycles. The van der Waals surface area contributed by atoms with E-state index in [9.17, 15) is 4.79 Å². The van der Waals surface area contributed by atoms with Gasteiger partial charge in [0.05, 0.1) is 14.2 Å². The molecule has 0 bridgehead atoms. The standard InChI is InChI=1S/C15H22ClNO3/c1-4-11(8-9-16)10-17-15(18)14-12(19-2)6-5-7-13(14)20-3/h5-7,11H,4,8-10H2,1-3H3,(H,17,18). The minimum Gasteiger partial charge on any atom is -0.496 e. The summed E-state index contributed by atoms with van der Waals surface area (Å²) in [5, 5.41) is 2.93. The third-order valence-corrected chi connectivity index (χ3v) is 3.52. The van der Waals surface area contributed by atoms with Gasteiger partial charge in [-0.25, -0.2) is 0 Å². The molecular formula is C15H22ClNO3. The van der Waals surface area contributed by atoms with Crippen LogP contribution in [-0.4, -0.2) is 32.6 Å². The first-order valence-corrected chi connectivity index (χ1v) is 7.26. The Morgan fingerprint density at radius 1 is 1.30 bits per heavy atom. The van der Waals surface area contributed by atoms with Crippen molar-refractivity contribution < 1.29 is 14.3 Å². The fraction of sp³-hybridized carbons (Fsp3) is 0.533. The summed E-state index contributed by atoms with van der Waals surface area (Å²) in [5.41, 5.74) is 0.429. The second-order valence-corrected chi connectivity index (χ2v) is 4.88. The van der Waals surface area contributed by atoms with Crippen molar-refractivity contribution in [3.63, 3.8) is 0 Å². The number of hydrogen-bond acceptors (Lipinski definition) is 3. The lowest BCUT2D eigenvalue weighted by Crippen LogP contribution is -2.30. The smallest absolute Gasteiger partial charge is 0.258 e. The van der Waals surface area contributed by atoms with Crippen molar-refractivity contribution in [3.05, 3.63) is 23.8 Å². The van der Waals surface area contributed by atoms with E-state index in [1.807, 2.05) is 0 Å². The highest BCUT2D eigenvalue weighted by Gasteiger charge is 2.18. The van der Waals surface area contributed by atoms with E-state index in [-0.39, 0.29) is 5.91 Å². The van der Waals surface area contributed by atoms with E-state index < -0.39 is 0 Å². The van der Waals surface area contributed by atoms with Gasteiger partial charge >= 0.3 is 0 Å². The molecular weight excluding hydrogens is 278 g/mol. The van der Waals surface area contributed by atoms with E-state index in [2.05, 4.69) is 12.2 Å². The Morgan fingerprint density at radius 3 is 2.35 bits per heavy atom. The molecule has 20 heavy (non-hydrogen) atoms. The van der Waals surface area contributed by atoms with Crippen LogP contribution in [0.25, 0.3) is 0 Å². The number of amides is 1. The Hall–Kier alpha value is -1.42. The van der Waals surface area contributed by atoms with Gasteiger partial charge in [-0.05, 0) is 24.5 Å². The highest BCUT2D eigenvalue weighted by Crippen LogP contribution is 2.28. The number of halogens is 1. The molecule has 1 amide bonds. The van der Waals surface area contributed by atoms with Crippen LogP contribution in [0.15, 0.2) is 18.2 Å². The SMILES string of the molecule is CCC(CCCl)CNC(=O)c1c(OC)cccc1OC. The van der Waals surface area contributed by atoms with Crippen molar-refractivity contribution in [2.24, 2.45) is 5.92 Å². The molecule has 1 N–H and O–H groups in total. The predicted octanol–water partition coefficient (Wildman–Crippen LogP) is 3.09. The van der Waals surface area contributed by atoms with Crippen LogP contribution in [0.3, 0.4) is 0 Å². The molecule has 0 radical (unpaired) electrons. The normalized spacial score (nSPS) is 11.8. The van der Waals surface area contributed by atoms with Crippen molar-refractivity contribution in [2.45, 2.75) is 19.8 Å². The molecule has 112 valence electrons. The Bertz CT molecular complexity index is 415. The van der Waals surface area contributed by atoms with Gasteiger partial charge in [0.15, 0.2) is 0 Å². The predicted molar refractivity (Wildman–Crippen MR) is 81.0 cm³/mol. The number of rotatable bonds is 8. The molecule has 0 aromatic heterocycles. The first-order valence-electron chi connectivity index (χ1n) is 6.73. The molecule has 4 nitrogen and oxygen atoms in total. The molecule has 0 fully saturated rings. The Balaban J connectivity index is 2.81. The largest absolute Gasteiger partial charge is 0.496 e. The number of carbonyl (C=O) groups excluding carboxylic acids is 1. The highest BCUT2D eigenvalue weighted by atomic mass is 35.5. The number of alkyl halides is 1. The molecule has 0 saturated carbocycles. The van der Waals surface area contributed by atoms with Gasteiger partial charge in [-0.1, -0.05) is 19.4 Å². The highest BCUT2D eigenvalue weighted by molar-refractivity contribution is 6.17. The van der Waals surface area contributed by atoms with Crippen LogP contribution in [0, 0.1) is 5.92 Å². The number of methoxy groups -OCH3 is 2.